The highest BCUT2D eigenvalue weighted by Crippen LogP contribution is 2.33. The van der Waals surface area contributed by atoms with Crippen LogP contribution in [0.1, 0.15) is 25.7 Å². The summed E-state index contributed by atoms with van der Waals surface area (Å²) in [5.74, 6) is 1.18. The molecule has 1 saturated carbocycles. The van der Waals surface area contributed by atoms with E-state index < -0.39 is 0 Å². The van der Waals surface area contributed by atoms with Crippen molar-refractivity contribution in [1.82, 2.24) is 20.2 Å². The van der Waals surface area contributed by atoms with Crippen LogP contribution in [0.3, 0.4) is 0 Å². The second-order valence-corrected chi connectivity index (χ2v) is 9.18. The number of hydrogen-bond donors (Lipinski definition) is 4. The molecule has 1 aliphatic heterocycles. The predicted octanol–water partition coefficient (Wildman–Crippen LogP) is 3.20. The van der Waals surface area contributed by atoms with E-state index in [1.807, 2.05) is 12.1 Å². The normalized spacial score (nSPS) is 21.1. The average Bonchev–Trinajstić information content (AvgIpc) is 3.28. The molecule has 3 heterocycles. The molecule has 0 spiro atoms. The van der Waals surface area contributed by atoms with E-state index in [-0.39, 0.29) is 12.1 Å². The van der Waals surface area contributed by atoms with Crippen molar-refractivity contribution in [2.24, 2.45) is 5.73 Å². The maximum Gasteiger partial charge on any atom is 0.231 e. The van der Waals surface area contributed by atoms with Gasteiger partial charge in [0.25, 0.3) is 0 Å². The van der Waals surface area contributed by atoms with Crippen molar-refractivity contribution < 1.29 is 14.0 Å². The molecule has 2 aliphatic rings. The van der Waals surface area contributed by atoms with Gasteiger partial charge in [-0.1, -0.05) is 0 Å². The number of aromatic amines is 1. The average molecular weight is 487 g/mol. The van der Waals surface area contributed by atoms with E-state index in [0.29, 0.717) is 22.4 Å². The monoisotopic (exact) mass is 486 g/mol. The Hall–Kier alpha value is -2.64. The van der Waals surface area contributed by atoms with Crippen LogP contribution in [-0.4, -0.2) is 65.7 Å². The van der Waals surface area contributed by atoms with Crippen molar-refractivity contribution in [2.45, 2.75) is 42.8 Å². The predicted molar refractivity (Wildman–Crippen MR) is 132 cm³/mol. The maximum absolute atomic E-state index is 6.09. The SMILES string of the molecule is COOSc1n[nH]c2nc(Nc3ccc(N4CCOCC4)cc3)nc(N[C@H]3CC[C@@H](N)CC3)c12. The van der Waals surface area contributed by atoms with E-state index in [0.717, 1.165) is 75.1 Å². The highest BCUT2D eigenvalue weighted by atomic mass is 32.2. The third-order valence-corrected chi connectivity index (χ3v) is 6.84. The number of ether oxygens (including phenoxy) is 1. The number of nitrogens with two attached hydrogens (primary N) is 1. The number of nitrogens with zero attached hydrogens (tertiary/aromatic N) is 4. The molecule has 2 fully saturated rings. The van der Waals surface area contributed by atoms with Crippen LogP contribution >= 0.6 is 12.0 Å². The van der Waals surface area contributed by atoms with Crippen molar-refractivity contribution in [2.75, 3.05) is 48.9 Å². The minimum absolute atomic E-state index is 0.274. The van der Waals surface area contributed by atoms with Crippen LogP contribution in [0.15, 0.2) is 29.3 Å². The molecule has 1 aromatic carbocycles. The third-order valence-electron chi connectivity index (χ3n) is 6.18. The summed E-state index contributed by atoms with van der Waals surface area (Å²) in [4.78, 5) is 16.5. The van der Waals surface area contributed by atoms with E-state index in [1.54, 1.807) is 0 Å². The molecule has 0 bridgehead atoms. The number of benzene rings is 1. The minimum Gasteiger partial charge on any atom is -0.378 e. The summed E-state index contributed by atoms with van der Waals surface area (Å²) in [7, 11) is 1.45. The van der Waals surface area contributed by atoms with Crippen LogP contribution in [0.5, 0.6) is 0 Å². The number of nitrogens with one attached hydrogen (secondary N) is 3. The fourth-order valence-electron chi connectivity index (χ4n) is 4.35. The molecule has 12 heteroatoms. The summed E-state index contributed by atoms with van der Waals surface area (Å²) < 4.78 is 10.5. The number of fused-ring (bicyclic) bond motifs is 1. The molecule has 0 atom stereocenters. The summed E-state index contributed by atoms with van der Waals surface area (Å²) in [6.07, 6.45) is 3.97. The first-order chi connectivity index (χ1) is 16.7. The zero-order valence-electron chi connectivity index (χ0n) is 19.1. The molecule has 11 nitrogen and oxygen atoms in total. The Bertz CT molecular complexity index is 1080. The third kappa shape index (κ3) is 5.36. The van der Waals surface area contributed by atoms with Gasteiger partial charge >= 0.3 is 0 Å². The molecule has 182 valence electrons. The molecule has 1 saturated heterocycles. The summed E-state index contributed by atoms with van der Waals surface area (Å²) in [5, 5.41) is 15.6. The molecule has 0 amide bonds. The highest BCUT2D eigenvalue weighted by molar-refractivity contribution is 7.94. The molecule has 1 aliphatic carbocycles. The standard InChI is InChI=1S/C22H30N8O3S/c1-31-33-34-21-18-19(24-15-4-2-14(23)3-5-15)26-22(27-20(18)28-29-21)25-16-6-8-17(9-7-16)30-10-12-32-13-11-30/h6-9,14-15H,2-5,10-13,23H2,1H3,(H3,24,25,26,27,28,29)/t14-,15+. The first-order valence-electron chi connectivity index (χ1n) is 11.5. The molecule has 5 rings (SSSR count). The summed E-state index contributed by atoms with van der Waals surface area (Å²) >= 11 is 1.02. The number of hydrogen-bond acceptors (Lipinski definition) is 11. The van der Waals surface area contributed by atoms with Gasteiger partial charge in [-0.25, -0.2) is 4.89 Å². The highest BCUT2D eigenvalue weighted by Gasteiger charge is 2.23. The van der Waals surface area contributed by atoms with Gasteiger partial charge in [0.2, 0.25) is 5.95 Å². The van der Waals surface area contributed by atoms with Gasteiger partial charge in [-0.15, -0.1) is 0 Å². The van der Waals surface area contributed by atoms with E-state index in [4.69, 9.17) is 24.7 Å². The van der Waals surface area contributed by atoms with Crippen LogP contribution < -0.4 is 21.3 Å². The molecular weight excluding hydrogens is 456 g/mol. The Morgan fingerprint density at radius 2 is 1.88 bits per heavy atom. The van der Waals surface area contributed by atoms with Crippen molar-refractivity contribution >= 4 is 46.2 Å². The Labute approximate surface area is 202 Å². The van der Waals surface area contributed by atoms with Crippen molar-refractivity contribution in [1.29, 1.82) is 0 Å². The van der Waals surface area contributed by atoms with Crippen LogP contribution in [0, 0.1) is 0 Å². The van der Waals surface area contributed by atoms with Crippen LogP contribution in [0.2, 0.25) is 0 Å². The first-order valence-corrected chi connectivity index (χ1v) is 12.3. The van der Waals surface area contributed by atoms with Gasteiger partial charge in [0.05, 0.1) is 37.8 Å². The molecule has 3 aromatic rings. The van der Waals surface area contributed by atoms with E-state index in [9.17, 15) is 0 Å². The molecule has 2 aromatic heterocycles. The van der Waals surface area contributed by atoms with Gasteiger partial charge in [-0.05, 0) is 49.9 Å². The lowest BCUT2D eigenvalue weighted by Crippen LogP contribution is -2.36. The topological polar surface area (TPSA) is 135 Å². The van der Waals surface area contributed by atoms with Crippen molar-refractivity contribution in [3.63, 3.8) is 0 Å². The van der Waals surface area contributed by atoms with E-state index in [1.165, 1.54) is 12.8 Å². The number of morpholine rings is 1. The zero-order chi connectivity index (χ0) is 23.3. The van der Waals surface area contributed by atoms with Gasteiger partial charge in [0.1, 0.15) is 5.82 Å². The van der Waals surface area contributed by atoms with Gasteiger partial charge in [0.15, 0.2) is 10.7 Å². The minimum atomic E-state index is 0.274. The molecule has 0 radical (unpaired) electrons. The lowest BCUT2D eigenvalue weighted by atomic mass is 9.92. The Balaban J connectivity index is 1.38. The van der Waals surface area contributed by atoms with Crippen molar-refractivity contribution in [3.8, 4) is 0 Å². The smallest absolute Gasteiger partial charge is 0.231 e. The van der Waals surface area contributed by atoms with E-state index in [2.05, 4.69) is 42.8 Å². The fraction of sp³-hybridized carbons (Fsp3) is 0.500. The van der Waals surface area contributed by atoms with E-state index >= 15 is 0 Å². The number of rotatable bonds is 8. The number of H-pyrrole nitrogens is 1. The molecular formula is C22H30N8O3S. The second-order valence-electron chi connectivity index (χ2n) is 8.49. The summed E-state index contributed by atoms with van der Waals surface area (Å²) in [6, 6.07) is 8.84. The number of anilines is 4. The largest absolute Gasteiger partial charge is 0.378 e. The van der Waals surface area contributed by atoms with Gasteiger partial charge < -0.3 is 26.0 Å². The van der Waals surface area contributed by atoms with Crippen molar-refractivity contribution in [3.05, 3.63) is 24.3 Å². The summed E-state index contributed by atoms with van der Waals surface area (Å²) in [5.41, 5.74) is 8.78. The first kappa shape index (κ1) is 23.1. The lowest BCUT2D eigenvalue weighted by Gasteiger charge is -2.29. The molecule has 34 heavy (non-hydrogen) atoms. The van der Waals surface area contributed by atoms with Gasteiger partial charge in [0, 0.05) is 36.5 Å². The van der Waals surface area contributed by atoms with Gasteiger partial charge in [-0.2, -0.15) is 19.4 Å². The summed E-state index contributed by atoms with van der Waals surface area (Å²) in [6.45, 7) is 3.33. The second kappa shape index (κ2) is 10.7. The van der Waals surface area contributed by atoms with Crippen LogP contribution in [0.4, 0.5) is 23.1 Å². The quantitative estimate of drug-likeness (QED) is 0.212. The molecule has 0 unspecified atom stereocenters. The van der Waals surface area contributed by atoms with Gasteiger partial charge in [-0.3, -0.25) is 5.10 Å². The van der Waals surface area contributed by atoms with Crippen LogP contribution in [-0.2, 0) is 14.0 Å². The maximum atomic E-state index is 6.09. The Morgan fingerprint density at radius 3 is 2.62 bits per heavy atom. The molecule has 5 N–H and O–H groups in total. The van der Waals surface area contributed by atoms with Crippen LogP contribution in [0.25, 0.3) is 11.0 Å². The Kier molecular flexibility index (Phi) is 7.30. The Morgan fingerprint density at radius 1 is 1.12 bits per heavy atom. The lowest BCUT2D eigenvalue weighted by molar-refractivity contribution is -0.160. The number of aromatic nitrogens is 4. The fourth-order valence-corrected chi connectivity index (χ4v) is 4.85. The zero-order valence-corrected chi connectivity index (χ0v) is 19.9.